The van der Waals surface area contributed by atoms with Crippen LogP contribution in [0.25, 0.3) is 0 Å². The van der Waals surface area contributed by atoms with Crippen molar-refractivity contribution in [1.29, 1.82) is 0 Å². The maximum Gasteiger partial charge on any atom is 0.0357 e. The van der Waals surface area contributed by atoms with Crippen LogP contribution in [0.1, 0.15) is 50.8 Å². The van der Waals surface area contributed by atoms with Gasteiger partial charge in [-0.05, 0) is 36.9 Å². The maximum atomic E-state index is 4.11. The molecule has 0 aliphatic rings. The van der Waals surface area contributed by atoms with Crippen LogP contribution in [0, 0.1) is 0 Å². The molecule has 0 radical (unpaired) electrons. The molecular weight excluding hydrogens is 206 g/mol. The van der Waals surface area contributed by atoms with Crippen LogP contribution in [0.2, 0.25) is 0 Å². The normalized spacial score (nSPS) is 12.4. The third-order valence-electron chi connectivity index (χ3n) is 3.23. The van der Waals surface area contributed by atoms with E-state index in [0.717, 1.165) is 25.8 Å². The van der Waals surface area contributed by atoms with Gasteiger partial charge in [-0.2, -0.15) is 0 Å². The van der Waals surface area contributed by atoms with Gasteiger partial charge in [-0.3, -0.25) is 0 Å². The second-order valence-electron chi connectivity index (χ2n) is 4.51. The summed E-state index contributed by atoms with van der Waals surface area (Å²) < 4.78 is 0. The Morgan fingerprint density at radius 2 is 1.82 bits per heavy atom. The van der Waals surface area contributed by atoms with Gasteiger partial charge >= 0.3 is 0 Å². The molecule has 1 heteroatoms. The van der Waals surface area contributed by atoms with E-state index in [2.05, 4.69) is 56.9 Å². The van der Waals surface area contributed by atoms with Gasteiger partial charge in [-0.1, -0.05) is 57.2 Å². The molecular formula is C16H25N. The Morgan fingerprint density at radius 1 is 1.18 bits per heavy atom. The summed E-state index contributed by atoms with van der Waals surface area (Å²) in [6.07, 6.45) is 3.21. The molecule has 0 aliphatic heterocycles. The quantitative estimate of drug-likeness (QED) is 0.692. The zero-order chi connectivity index (χ0) is 12.7. The lowest BCUT2D eigenvalue weighted by molar-refractivity contribution is 0.543. The Labute approximate surface area is 106 Å². The van der Waals surface area contributed by atoms with E-state index in [1.165, 1.54) is 16.7 Å². The predicted molar refractivity (Wildman–Crippen MR) is 76.3 cm³/mol. The van der Waals surface area contributed by atoms with Crippen LogP contribution in [0.3, 0.4) is 0 Å². The molecule has 1 nitrogen and oxygen atoms in total. The van der Waals surface area contributed by atoms with Crippen molar-refractivity contribution in [2.24, 2.45) is 0 Å². The van der Waals surface area contributed by atoms with Gasteiger partial charge in [-0.15, -0.1) is 0 Å². The minimum Gasteiger partial charge on any atom is -0.310 e. The van der Waals surface area contributed by atoms with Gasteiger partial charge in [0, 0.05) is 6.04 Å². The second kappa shape index (κ2) is 7.29. The van der Waals surface area contributed by atoms with Crippen molar-refractivity contribution >= 4 is 0 Å². The average Bonchev–Trinajstić information content (AvgIpc) is 2.38. The van der Waals surface area contributed by atoms with Crippen LogP contribution in [0.4, 0.5) is 0 Å². The van der Waals surface area contributed by atoms with Gasteiger partial charge in [0.15, 0.2) is 0 Å². The Morgan fingerprint density at radius 3 is 2.29 bits per heavy atom. The summed E-state index contributed by atoms with van der Waals surface area (Å²) in [6, 6.07) is 9.37. The second-order valence-corrected chi connectivity index (χ2v) is 4.51. The van der Waals surface area contributed by atoms with Crippen molar-refractivity contribution in [3.05, 3.63) is 47.5 Å². The zero-order valence-corrected chi connectivity index (χ0v) is 11.4. The molecule has 0 aromatic heterocycles. The highest BCUT2D eigenvalue weighted by Gasteiger charge is 2.10. The number of aryl methyl sites for hydroxylation is 1. The highest BCUT2D eigenvalue weighted by molar-refractivity contribution is 5.26. The molecule has 1 atom stereocenters. The summed E-state index contributed by atoms with van der Waals surface area (Å²) in [5, 5.41) is 3.54. The van der Waals surface area contributed by atoms with E-state index in [9.17, 15) is 0 Å². The van der Waals surface area contributed by atoms with E-state index >= 15 is 0 Å². The third kappa shape index (κ3) is 4.35. The molecule has 1 rings (SSSR count). The van der Waals surface area contributed by atoms with Crippen molar-refractivity contribution in [2.75, 3.05) is 6.54 Å². The average molecular weight is 231 g/mol. The maximum absolute atomic E-state index is 4.11. The number of nitrogens with one attached hydrogen (secondary N) is 1. The van der Waals surface area contributed by atoms with Crippen LogP contribution in [0.5, 0.6) is 0 Å². The van der Waals surface area contributed by atoms with Crippen LogP contribution < -0.4 is 5.32 Å². The van der Waals surface area contributed by atoms with E-state index in [1.54, 1.807) is 0 Å². The molecule has 94 valence electrons. The molecule has 0 heterocycles. The standard InChI is InChI=1S/C16H25N/c1-5-13(4)12-16(17-7-3)15-10-8-14(6-2)9-11-15/h8-11,16-17H,4-7,12H2,1-3H3. The summed E-state index contributed by atoms with van der Waals surface area (Å²) >= 11 is 0. The molecule has 1 aromatic carbocycles. The Balaban J connectivity index is 2.77. The molecule has 0 amide bonds. The first kappa shape index (κ1) is 14.0. The SMILES string of the molecule is C=C(CC)CC(NCC)c1ccc(CC)cc1. The Hall–Kier alpha value is -1.08. The van der Waals surface area contributed by atoms with Gasteiger partial charge in [-0.25, -0.2) is 0 Å². The summed E-state index contributed by atoms with van der Waals surface area (Å²) in [6.45, 7) is 11.6. The van der Waals surface area contributed by atoms with Crippen LogP contribution in [-0.2, 0) is 6.42 Å². The highest BCUT2D eigenvalue weighted by Crippen LogP contribution is 2.22. The topological polar surface area (TPSA) is 12.0 Å². The number of hydrogen-bond acceptors (Lipinski definition) is 1. The number of rotatable bonds is 7. The van der Waals surface area contributed by atoms with Gasteiger partial charge in [0.25, 0.3) is 0 Å². The van der Waals surface area contributed by atoms with Gasteiger partial charge < -0.3 is 5.32 Å². The van der Waals surface area contributed by atoms with Gasteiger partial charge in [0.1, 0.15) is 0 Å². The molecule has 0 aliphatic carbocycles. The van der Waals surface area contributed by atoms with Crippen molar-refractivity contribution < 1.29 is 0 Å². The van der Waals surface area contributed by atoms with E-state index < -0.39 is 0 Å². The molecule has 1 unspecified atom stereocenters. The number of benzene rings is 1. The summed E-state index contributed by atoms with van der Waals surface area (Å²) in [7, 11) is 0. The first-order chi connectivity index (χ1) is 8.21. The molecule has 0 fully saturated rings. The largest absolute Gasteiger partial charge is 0.310 e. The molecule has 0 spiro atoms. The summed E-state index contributed by atoms with van der Waals surface area (Å²) in [5.74, 6) is 0. The lowest BCUT2D eigenvalue weighted by Crippen LogP contribution is -2.21. The van der Waals surface area contributed by atoms with Crippen molar-refractivity contribution in [2.45, 2.75) is 46.1 Å². The Bertz CT molecular complexity index is 337. The van der Waals surface area contributed by atoms with Crippen LogP contribution in [0.15, 0.2) is 36.4 Å². The number of hydrogen-bond donors (Lipinski definition) is 1. The Kier molecular flexibility index (Phi) is 5.99. The van der Waals surface area contributed by atoms with Crippen molar-refractivity contribution in [3.63, 3.8) is 0 Å². The van der Waals surface area contributed by atoms with E-state index in [-0.39, 0.29) is 0 Å². The van der Waals surface area contributed by atoms with E-state index in [1.807, 2.05) is 0 Å². The lowest BCUT2D eigenvalue weighted by atomic mass is 9.97. The smallest absolute Gasteiger partial charge is 0.0357 e. The zero-order valence-electron chi connectivity index (χ0n) is 11.4. The lowest BCUT2D eigenvalue weighted by Gasteiger charge is -2.19. The molecule has 1 aromatic rings. The fourth-order valence-corrected chi connectivity index (χ4v) is 1.97. The third-order valence-corrected chi connectivity index (χ3v) is 3.23. The van der Waals surface area contributed by atoms with Gasteiger partial charge in [0.2, 0.25) is 0 Å². The predicted octanol–water partition coefficient (Wildman–Crippen LogP) is 4.26. The van der Waals surface area contributed by atoms with Crippen LogP contribution >= 0.6 is 0 Å². The molecule has 0 saturated heterocycles. The molecule has 0 bridgehead atoms. The fourth-order valence-electron chi connectivity index (χ4n) is 1.97. The first-order valence-electron chi connectivity index (χ1n) is 6.70. The van der Waals surface area contributed by atoms with Gasteiger partial charge in [0.05, 0.1) is 0 Å². The first-order valence-corrected chi connectivity index (χ1v) is 6.70. The molecule has 17 heavy (non-hydrogen) atoms. The minimum absolute atomic E-state index is 0.415. The summed E-state index contributed by atoms with van der Waals surface area (Å²) in [4.78, 5) is 0. The van der Waals surface area contributed by atoms with Crippen molar-refractivity contribution in [1.82, 2.24) is 5.32 Å². The monoisotopic (exact) mass is 231 g/mol. The van der Waals surface area contributed by atoms with E-state index in [4.69, 9.17) is 0 Å². The molecule has 1 N–H and O–H groups in total. The van der Waals surface area contributed by atoms with E-state index in [0.29, 0.717) is 6.04 Å². The minimum atomic E-state index is 0.415. The highest BCUT2D eigenvalue weighted by atomic mass is 14.9. The fraction of sp³-hybridized carbons (Fsp3) is 0.500. The van der Waals surface area contributed by atoms with Crippen molar-refractivity contribution in [3.8, 4) is 0 Å². The molecule has 0 saturated carbocycles. The van der Waals surface area contributed by atoms with Crippen LogP contribution in [-0.4, -0.2) is 6.54 Å². The summed E-state index contributed by atoms with van der Waals surface area (Å²) in [5.41, 5.74) is 4.09.